The second-order valence-electron chi connectivity index (χ2n) is 3.78. The highest BCUT2D eigenvalue weighted by Crippen LogP contribution is 2.30. The first-order chi connectivity index (χ1) is 7.22. The predicted octanol–water partition coefficient (Wildman–Crippen LogP) is 3.49. The van der Waals surface area contributed by atoms with E-state index in [-0.39, 0.29) is 0 Å². The molecule has 1 nitrogen and oxygen atoms in total. The average Bonchev–Trinajstić information content (AvgIpc) is 2.65. The molecule has 0 amide bonds. The molecule has 15 heavy (non-hydrogen) atoms. The zero-order valence-corrected chi connectivity index (χ0v) is 9.90. The van der Waals surface area contributed by atoms with Crippen LogP contribution >= 0.6 is 11.3 Å². The molecule has 1 heterocycles. The maximum Gasteiger partial charge on any atom is 0.0280 e. The lowest BCUT2D eigenvalue weighted by Crippen LogP contribution is -1.95. The third kappa shape index (κ3) is 1.96. The Kier molecular flexibility index (Phi) is 2.89. The lowest BCUT2D eigenvalue weighted by Gasteiger charge is -2.07. The van der Waals surface area contributed by atoms with E-state index in [1.54, 1.807) is 11.3 Å². The summed E-state index contributed by atoms with van der Waals surface area (Å²) in [4.78, 5) is 1.27. The fraction of sp³-hybridized carbons (Fsp3) is 0.231. The third-order valence-corrected chi connectivity index (χ3v) is 3.55. The molecule has 0 aliphatic rings. The smallest absolute Gasteiger partial charge is 0.0280 e. The maximum absolute atomic E-state index is 5.72. The molecule has 0 radical (unpaired) electrons. The van der Waals surface area contributed by atoms with Crippen LogP contribution in [0.4, 0.5) is 0 Å². The first-order valence-electron chi connectivity index (χ1n) is 5.06. The minimum absolute atomic E-state index is 0.625. The topological polar surface area (TPSA) is 26.0 Å². The van der Waals surface area contributed by atoms with Crippen molar-refractivity contribution >= 4 is 11.3 Å². The third-order valence-electron chi connectivity index (χ3n) is 2.60. The number of nitrogens with two attached hydrogens (primary N) is 1. The van der Waals surface area contributed by atoms with Crippen LogP contribution in [0, 0.1) is 13.8 Å². The Morgan fingerprint density at radius 2 is 1.93 bits per heavy atom. The Morgan fingerprint density at radius 1 is 1.13 bits per heavy atom. The first kappa shape index (κ1) is 10.4. The van der Waals surface area contributed by atoms with Gasteiger partial charge in [0.05, 0.1) is 0 Å². The SMILES string of the molecule is Cc1ccc(-c2ccsc2CN)c(C)c1. The summed E-state index contributed by atoms with van der Waals surface area (Å²) in [5.41, 5.74) is 11.0. The number of thiophene rings is 1. The van der Waals surface area contributed by atoms with Crippen LogP contribution in [0.15, 0.2) is 29.6 Å². The summed E-state index contributed by atoms with van der Waals surface area (Å²) >= 11 is 1.73. The number of benzene rings is 1. The predicted molar refractivity (Wildman–Crippen MR) is 67.1 cm³/mol. The highest BCUT2D eigenvalue weighted by Gasteiger charge is 2.07. The normalized spacial score (nSPS) is 10.6. The van der Waals surface area contributed by atoms with Crippen LogP contribution in [0.25, 0.3) is 11.1 Å². The molecule has 2 N–H and O–H groups in total. The van der Waals surface area contributed by atoms with E-state index >= 15 is 0 Å². The van der Waals surface area contributed by atoms with Crippen LogP contribution in [-0.2, 0) is 6.54 Å². The number of hydrogen-bond donors (Lipinski definition) is 1. The monoisotopic (exact) mass is 217 g/mol. The van der Waals surface area contributed by atoms with Gasteiger partial charge in [0.15, 0.2) is 0 Å². The van der Waals surface area contributed by atoms with E-state index in [0.29, 0.717) is 6.54 Å². The molecule has 0 aliphatic heterocycles. The van der Waals surface area contributed by atoms with Crippen LogP contribution in [0.3, 0.4) is 0 Å². The summed E-state index contributed by atoms with van der Waals surface area (Å²) in [5.74, 6) is 0. The largest absolute Gasteiger partial charge is 0.326 e. The molecule has 2 aromatic rings. The maximum atomic E-state index is 5.72. The molecule has 0 atom stereocenters. The number of hydrogen-bond acceptors (Lipinski definition) is 2. The zero-order valence-electron chi connectivity index (χ0n) is 9.08. The van der Waals surface area contributed by atoms with Gasteiger partial charge in [-0.15, -0.1) is 11.3 Å². The Morgan fingerprint density at radius 3 is 2.60 bits per heavy atom. The van der Waals surface area contributed by atoms with Crippen LogP contribution in [-0.4, -0.2) is 0 Å². The summed E-state index contributed by atoms with van der Waals surface area (Å²) in [7, 11) is 0. The van der Waals surface area contributed by atoms with Gasteiger partial charge in [0.2, 0.25) is 0 Å². The highest BCUT2D eigenvalue weighted by molar-refractivity contribution is 7.10. The molecular formula is C13H15NS. The van der Waals surface area contributed by atoms with Crippen LogP contribution in [0.5, 0.6) is 0 Å². The van der Waals surface area contributed by atoms with Crippen molar-refractivity contribution in [3.05, 3.63) is 45.6 Å². The summed E-state index contributed by atoms with van der Waals surface area (Å²) in [6.45, 7) is 4.90. The molecule has 0 aliphatic carbocycles. The Balaban J connectivity index is 2.54. The molecule has 2 rings (SSSR count). The Bertz CT molecular complexity index is 471. The summed E-state index contributed by atoms with van der Waals surface area (Å²) in [6.07, 6.45) is 0. The molecule has 0 spiro atoms. The lowest BCUT2D eigenvalue weighted by molar-refractivity contribution is 1.11. The van der Waals surface area contributed by atoms with Crippen LogP contribution in [0.1, 0.15) is 16.0 Å². The van der Waals surface area contributed by atoms with E-state index in [2.05, 4.69) is 43.5 Å². The fourth-order valence-electron chi connectivity index (χ4n) is 1.85. The van der Waals surface area contributed by atoms with E-state index in [1.165, 1.54) is 27.1 Å². The fourth-order valence-corrected chi connectivity index (χ4v) is 2.62. The van der Waals surface area contributed by atoms with Crippen molar-refractivity contribution in [3.8, 4) is 11.1 Å². The van der Waals surface area contributed by atoms with Gasteiger partial charge >= 0.3 is 0 Å². The van der Waals surface area contributed by atoms with Gasteiger partial charge in [-0.2, -0.15) is 0 Å². The Labute approximate surface area is 94.6 Å². The Hall–Kier alpha value is -1.12. The van der Waals surface area contributed by atoms with Crippen molar-refractivity contribution in [2.24, 2.45) is 5.73 Å². The van der Waals surface area contributed by atoms with Crippen molar-refractivity contribution in [3.63, 3.8) is 0 Å². The van der Waals surface area contributed by atoms with Gasteiger partial charge in [-0.25, -0.2) is 0 Å². The quantitative estimate of drug-likeness (QED) is 0.818. The molecule has 0 saturated carbocycles. The van der Waals surface area contributed by atoms with Gasteiger partial charge in [0.25, 0.3) is 0 Å². The summed E-state index contributed by atoms with van der Waals surface area (Å²) in [6, 6.07) is 8.71. The van der Waals surface area contributed by atoms with Crippen molar-refractivity contribution in [1.82, 2.24) is 0 Å². The van der Waals surface area contributed by atoms with E-state index in [4.69, 9.17) is 5.73 Å². The van der Waals surface area contributed by atoms with Crippen molar-refractivity contribution < 1.29 is 0 Å². The van der Waals surface area contributed by atoms with E-state index in [9.17, 15) is 0 Å². The molecule has 0 bridgehead atoms. The summed E-state index contributed by atoms with van der Waals surface area (Å²) < 4.78 is 0. The first-order valence-corrected chi connectivity index (χ1v) is 5.94. The van der Waals surface area contributed by atoms with E-state index in [1.807, 2.05) is 0 Å². The van der Waals surface area contributed by atoms with Crippen molar-refractivity contribution in [2.75, 3.05) is 0 Å². The van der Waals surface area contributed by atoms with Crippen molar-refractivity contribution in [2.45, 2.75) is 20.4 Å². The van der Waals surface area contributed by atoms with Gasteiger partial charge in [-0.1, -0.05) is 23.8 Å². The molecule has 0 unspecified atom stereocenters. The van der Waals surface area contributed by atoms with Gasteiger partial charge < -0.3 is 5.73 Å². The molecule has 1 aromatic heterocycles. The lowest BCUT2D eigenvalue weighted by atomic mass is 9.99. The molecule has 2 heteroatoms. The highest BCUT2D eigenvalue weighted by atomic mass is 32.1. The van der Waals surface area contributed by atoms with Gasteiger partial charge in [0.1, 0.15) is 0 Å². The second kappa shape index (κ2) is 4.17. The number of rotatable bonds is 2. The molecule has 0 saturated heterocycles. The minimum Gasteiger partial charge on any atom is -0.326 e. The van der Waals surface area contributed by atoms with Gasteiger partial charge in [-0.3, -0.25) is 0 Å². The van der Waals surface area contributed by atoms with E-state index < -0.39 is 0 Å². The van der Waals surface area contributed by atoms with Crippen LogP contribution in [0.2, 0.25) is 0 Å². The molecular weight excluding hydrogens is 202 g/mol. The average molecular weight is 217 g/mol. The number of aryl methyl sites for hydroxylation is 2. The van der Waals surface area contributed by atoms with Gasteiger partial charge in [0, 0.05) is 11.4 Å². The van der Waals surface area contributed by atoms with Crippen LogP contribution < -0.4 is 5.73 Å². The minimum atomic E-state index is 0.625. The zero-order chi connectivity index (χ0) is 10.8. The standard InChI is InChI=1S/C13H15NS/c1-9-3-4-11(10(2)7-9)12-5-6-15-13(12)8-14/h3-7H,8,14H2,1-2H3. The molecule has 1 aromatic carbocycles. The van der Waals surface area contributed by atoms with E-state index in [0.717, 1.165) is 0 Å². The summed E-state index contributed by atoms with van der Waals surface area (Å²) in [5, 5.41) is 2.11. The second-order valence-corrected chi connectivity index (χ2v) is 4.78. The molecule has 78 valence electrons. The van der Waals surface area contributed by atoms with Gasteiger partial charge in [-0.05, 0) is 42.0 Å². The van der Waals surface area contributed by atoms with Crippen molar-refractivity contribution in [1.29, 1.82) is 0 Å². The molecule has 0 fully saturated rings.